The van der Waals surface area contributed by atoms with E-state index in [4.69, 9.17) is 4.74 Å². The van der Waals surface area contributed by atoms with Gasteiger partial charge in [-0.25, -0.2) is 0 Å². The third-order valence-electron chi connectivity index (χ3n) is 2.78. The van der Waals surface area contributed by atoms with Gasteiger partial charge in [-0.3, -0.25) is 0 Å². The molecule has 6 nitrogen and oxygen atoms in total. The van der Waals surface area contributed by atoms with Crippen molar-refractivity contribution < 1.29 is 4.74 Å². The lowest BCUT2D eigenvalue weighted by Gasteiger charge is -2.15. The van der Waals surface area contributed by atoms with Gasteiger partial charge in [0.2, 0.25) is 0 Å². The third kappa shape index (κ3) is 2.84. The molecule has 2 aromatic rings. The van der Waals surface area contributed by atoms with Gasteiger partial charge in [0.05, 0.1) is 14.2 Å². The summed E-state index contributed by atoms with van der Waals surface area (Å²) in [6.45, 7) is 0. The van der Waals surface area contributed by atoms with Crippen LogP contribution in [0, 0.1) is 0 Å². The highest BCUT2D eigenvalue weighted by molar-refractivity contribution is 5.30. The highest BCUT2D eigenvalue weighted by atomic mass is 16.5. The highest BCUT2D eigenvalue weighted by Crippen LogP contribution is 2.20. The van der Waals surface area contributed by atoms with E-state index in [-0.39, 0.29) is 6.04 Å². The van der Waals surface area contributed by atoms with Crippen molar-refractivity contribution in [2.45, 2.75) is 12.5 Å². The molecule has 0 aliphatic heterocycles. The molecule has 0 saturated carbocycles. The number of tetrazole rings is 1. The van der Waals surface area contributed by atoms with Crippen molar-refractivity contribution in [3.05, 3.63) is 35.7 Å². The number of methoxy groups -OCH3 is 1. The van der Waals surface area contributed by atoms with E-state index in [2.05, 4.69) is 26.8 Å². The molecule has 1 atom stereocenters. The van der Waals surface area contributed by atoms with Crippen LogP contribution in [0.3, 0.4) is 0 Å². The Bertz CT molecular complexity index is 511. The molecule has 0 fully saturated rings. The Hall–Kier alpha value is -1.95. The van der Waals surface area contributed by atoms with E-state index in [9.17, 15) is 0 Å². The molecule has 6 heteroatoms. The minimum absolute atomic E-state index is 0.143. The number of nitrogens with zero attached hydrogens (tertiary/aromatic N) is 4. The van der Waals surface area contributed by atoms with E-state index < -0.39 is 0 Å². The molecule has 1 aromatic carbocycles. The molecule has 0 saturated heterocycles. The Labute approximate surface area is 106 Å². The lowest BCUT2D eigenvalue weighted by Crippen LogP contribution is -2.19. The van der Waals surface area contributed by atoms with Gasteiger partial charge in [-0.2, -0.15) is 4.80 Å². The molecule has 18 heavy (non-hydrogen) atoms. The molecule has 0 aliphatic rings. The minimum atomic E-state index is 0.143. The molecule has 2 rings (SSSR count). The number of aromatic nitrogens is 4. The number of hydrogen-bond donors (Lipinski definition) is 1. The van der Waals surface area contributed by atoms with Gasteiger partial charge >= 0.3 is 0 Å². The molecular formula is C12H17N5O. The SMILES string of the molecule is CNC(Cc1nnn(C)n1)c1cccc(OC)c1. The first kappa shape index (κ1) is 12.5. The van der Waals surface area contributed by atoms with Gasteiger partial charge in [-0.05, 0) is 30.0 Å². The molecule has 0 amide bonds. The summed E-state index contributed by atoms with van der Waals surface area (Å²) >= 11 is 0. The number of hydrogen-bond acceptors (Lipinski definition) is 5. The second kappa shape index (κ2) is 5.59. The summed E-state index contributed by atoms with van der Waals surface area (Å²) in [7, 11) is 5.34. The zero-order valence-electron chi connectivity index (χ0n) is 10.8. The van der Waals surface area contributed by atoms with E-state index >= 15 is 0 Å². The summed E-state index contributed by atoms with van der Waals surface area (Å²) in [4.78, 5) is 1.47. The van der Waals surface area contributed by atoms with E-state index in [1.165, 1.54) is 4.80 Å². The van der Waals surface area contributed by atoms with Crippen LogP contribution in [0.15, 0.2) is 24.3 Å². The number of ether oxygens (including phenoxy) is 1. The Balaban J connectivity index is 2.17. The van der Waals surface area contributed by atoms with Gasteiger partial charge < -0.3 is 10.1 Å². The molecule has 0 radical (unpaired) electrons. The van der Waals surface area contributed by atoms with E-state index in [1.54, 1.807) is 14.2 Å². The molecule has 1 unspecified atom stereocenters. The maximum Gasteiger partial charge on any atom is 0.176 e. The van der Waals surface area contributed by atoms with E-state index in [1.807, 2.05) is 25.2 Å². The van der Waals surface area contributed by atoms with Crippen molar-refractivity contribution >= 4 is 0 Å². The summed E-state index contributed by atoms with van der Waals surface area (Å²) in [5.41, 5.74) is 1.14. The summed E-state index contributed by atoms with van der Waals surface area (Å²) in [5, 5.41) is 15.3. The number of likely N-dealkylation sites (N-methyl/N-ethyl adjacent to an activating group) is 1. The zero-order chi connectivity index (χ0) is 13.0. The molecule has 1 N–H and O–H groups in total. The monoisotopic (exact) mass is 247 g/mol. The maximum atomic E-state index is 5.23. The third-order valence-corrected chi connectivity index (χ3v) is 2.78. The fourth-order valence-electron chi connectivity index (χ4n) is 1.83. The van der Waals surface area contributed by atoms with Crippen LogP contribution in [0.25, 0.3) is 0 Å². The molecule has 96 valence electrons. The van der Waals surface area contributed by atoms with Gasteiger partial charge in [-0.15, -0.1) is 10.2 Å². The van der Waals surface area contributed by atoms with Gasteiger partial charge in [0, 0.05) is 12.5 Å². The van der Waals surface area contributed by atoms with Crippen LogP contribution in [-0.4, -0.2) is 34.4 Å². The standard InChI is InChI=1S/C12H17N5O/c1-13-11(8-12-14-16-17(2)15-12)9-5-4-6-10(7-9)18-3/h4-7,11,13H,8H2,1-3H3. The van der Waals surface area contributed by atoms with Gasteiger partial charge in [0.15, 0.2) is 5.82 Å². The normalized spacial score (nSPS) is 12.4. The van der Waals surface area contributed by atoms with Crippen molar-refractivity contribution in [3.63, 3.8) is 0 Å². The second-order valence-corrected chi connectivity index (χ2v) is 4.02. The van der Waals surface area contributed by atoms with Crippen molar-refractivity contribution in [3.8, 4) is 5.75 Å². The van der Waals surface area contributed by atoms with E-state index in [0.717, 1.165) is 17.1 Å². The molecule has 1 aromatic heterocycles. The van der Waals surface area contributed by atoms with Crippen molar-refractivity contribution in [1.29, 1.82) is 0 Å². The molecule has 0 bridgehead atoms. The average Bonchev–Trinajstić information content (AvgIpc) is 2.81. The Morgan fingerprint density at radius 2 is 2.28 bits per heavy atom. The van der Waals surface area contributed by atoms with Crippen LogP contribution in [0.1, 0.15) is 17.4 Å². The first-order valence-corrected chi connectivity index (χ1v) is 5.77. The lowest BCUT2D eigenvalue weighted by atomic mass is 10.0. The quantitative estimate of drug-likeness (QED) is 0.843. The lowest BCUT2D eigenvalue weighted by molar-refractivity contribution is 0.413. The van der Waals surface area contributed by atoms with Crippen molar-refractivity contribution in [2.24, 2.45) is 7.05 Å². The summed E-state index contributed by atoms with van der Waals surface area (Å²) in [6, 6.07) is 8.11. The predicted octanol–water partition coefficient (Wildman–Crippen LogP) is 0.722. The number of aryl methyl sites for hydroxylation is 1. The van der Waals surface area contributed by atoms with Crippen LogP contribution in [-0.2, 0) is 13.5 Å². The predicted molar refractivity (Wildman–Crippen MR) is 67.3 cm³/mol. The average molecular weight is 247 g/mol. The number of benzene rings is 1. The first-order valence-electron chi connectivity index (χ1n) is 5.77. The van der Waals surface area contributed by atoms with Crippen molar-refractivity contribution in [2.75, 3.05) is 14.2 Å². The second-order valence-electron chi connectivity index (χ2n) is 4.02. The van der Waals surface area contributed by atoms with Gasteiger partial charge in [0.1, 0.15) is 5.75 Å². The summed E-state index contributed by atoms with van der Waals surface area (Å²) < 4.78 is 5.23. The molecule has 0 spiro atoms. The fourth-order valence-corrected chi connectivity index (χ4v) is 1.83. The summed E-state index contributed by atoms with van der Waals surface area (Å²) in [5.74, 6) is 1.57. The zero-order valence-corrected chi connectivity index (χ0v) is 10.8. The van der Waals surface area contributed by atoms with Crippen LogP contribution < -0.4 is 10.1 Å². The maximum absolute atomic E-state index is 5.23. The van der Waals surface area contributed by atoms with Crippen LogP contribution in [0.5, 0.6) is 5.75 Å². The van der Waals surface area contributed by atoms with Gasteiger partial charge in [-0.1, -0.05) is 12.1 Å². The van der Waals surface area contributed by atoms with Gasteiger partial charge in [0.25, 0.3) is 0 Å². The molecule has 0 aliphatic carbocycles. The largest absolute Gasteiger partial charge is 0.497 e. The highest BCUT2D eigenvalue weighted by Gasteiger charge is 2.13. The Morgan fingerprint density at radius 1 is 1.44 bits per heavy atom. The van der Waals surface area contributed by atoms with Crippen molar-refractivity contribution in [1.82, 2.24) is 25.5 Å². The number of rotatable bonds is 5. The molecular weight excluding hydrogens is 230 g/mol. The minimum Gasteiger partial charge on any atom is -0.497 e. The Kier molecular flexibility index (Phi) is 3.88. The summed E-state index contributed by atoms with van der Waals surface area (Å²) in [6.07, 6.45) is 0.692. The van der Waals surface area contributed by atoms with E-state index in [0.29, 0.717) is 6.42 Å². The first-order chi connectivity index (χ1) is 8.72. The fraction of sp³-hybridized carbons (Fsp3) is 0.417. The Morgan fingerprint density at radius 3 is 2.89 bits per heavy atom. The topological polar surface area (TPSA) is 64.9 Å². The number of nitrogens with one attached hydrogen (secondary N) is 1. The molecule has 1 heterocycles. The van der Waals surface area contributed by atoms with Crippen LogP contribution in [0.4, 0.5) is 0 Å². The van der Waals surface area contributed by atoms with Crippen LogP contribution >= 0.6 is 0 Å². The van der Waals surface area contributed by atoms with Crippen LogP contribution in [0.2, 0.25) is 0 Å². The smallest absolute Gasteiger partial charge is 0.176 e.